The second-order valence-corrected chi connectivity index (χ2v) is 5.42. The highest BCUT2D eigenvalue weighted by Gasteiger charge is 2.13. The predicted octanol–water partition coefficient (Wildman–Crippen LogP) is 0.779. The van der Waals surface area contributed by atoms with E-state index in [0.29, 0.717) is 11.3 Å². The van der Waals surface area contributed by atoms with E-state index in [4.69, 9.17) is 5.73 Å². The molecule has 1 heterocycles. The second kappa shape index (κ2) is 8.11. The van der Waals surface area contributed by atoms with Crippen molar-refractivity contribution in [1.29, 1.82) is 0 Å². The fourth-order valence-electron chi connectivity index (χ4n) is 1.73. The molecule has 0 spiro atoms. The summed E-state index contributed by atoms with van der Waals surface area (Å²) in [5.74, 6) is -0.700. The lowest BCUT2D eigenvalue weighted by atomic mass is 10.1. The molecule has 0 atom stereocenters. The topological polar surface area (TPSA) is 140 Å². The molecule has 24 heavy (non-hydrogen) atoms. The lowest BCUT2D eigenvalue weighted by Crippen LogP contribution is -2.32. The van der Waals surface area contributed by atoms with Crippen LogP contribution in [0.1, 0.15) is 6.92 Å². The van der Waals surface area contributed by atoms with Gasteiger partial charge in [-0.05, 0) is 13.0 Å². The number of carbonyl (C=O) groups is 2. The molecule has 0 aliphatic rings. The number of benzene rings is 1. The van der Waals surface area contributed by atoms with Gasteiger partial charge in [0, 0.05) is 11.3 Å². The molecule has 0 saturated carbocycles. The number of amides is 2. The molecule has 1 aromatic heterocycles. The van der Waals surface area contributed by atoms with Crippen molar-refractivity contribution in [2.24, 2.45) is 0 Å². The van der Waals surface area contributed by atoms with Crippen LogP contribution in [0.2, 0.25) is 0 Å². The maximum absolute atomic E-state index is 12.1. The molecule has 0 aliphatic heterocycles. The van der Waals surface area contributed by atoms with Gasteiger partial charge in [0.1, 0.15) is 0 Å². The molecule has 0 radical (unpaired) electrons. The fraction of sp³-hybridized carbons (Fsp3) is 0.214. The summed E-state index contributed by atoms with van der Waals surface area (Å²) in [6.07, 6.45) is -0.822. The zero-order valence-corrected chi connectivity index (χ0v) is 13.6. The molecule has 10 heteroatoms. The highest BCUT2D eigenvalue weighted by molar-refractivity contribution is 7.99. The van der Waals surface area contributed by atoms with Gasteiger partial charge in [-0.1, -0.05) is 30.0 Å². The number of imide groups is 1. The van der Waals surface area contributed by atoms with E-state index >= 15 is 0 Å². The largest absolute Gasteiger partial charge is 0.450 e. The van der Waals surface area contributed by atoms with Gasteiger partial charge >= 0.3 is 6.09 Å². The van der Waals surface area contributed by atoms with E-state index in [-0.39, 0.29) is 23.2 Å². The Labute approximate surface area is 141 Å². The van der Waals surface area contributed by atoms with Gasteiger partial charge in [0.2, 0.25) is 5.91 Å². The summed E-state index contributed by atoms with van der Waals surface area (Å²) in [6, 6.07) is 6.79. The number of nitrogens with zero attached hydrogens (tertiary/aromatic N) is 2. The van der Waals surface area contributed by atoms with Crippen molar-refractivity contribution in [2.45, 2.75) is 12.1 Å². The van der Waals surface area contributed by atoms with Crippen molar-refractivity contribution in [3.05, 3.63) is 34.6 Å². The first-order chi connectivity index (χ1) is 11.5. The summed E-state index contributed by atoms with van der Waals surface area (Å²) in [5.41, 5.74) is 6.31. The van der Waals surface area contributed by atoms with Gasteiger partial charge in [0.15, 0.2) is 10.9 Å². The Balaban J connectivity index is 2.03. The quantitative estimate of drug-likeness (QED) is 0.531. The van der Waals surface area contributed by atoms with E-state index in [2.05, 4.69) is 19.9 Å². The van der Waals surface area contributed by atoms with Crippen LogP contribution in [-0.4, -0.2) is 39.5 Å². The Bertz CT molecular complexity index is 808. The number of nitrogen functional groups attached to an aromatic ring is 1. The average molecular weight is 349 g/mol. The molecule has 2 rings (SSSR count). The molecular formula is C14H15N5O4S. The molecule has 126 valence electrons. The summed E-state index contributed by atoms with van der Waals surface area (Å²) in [7, 11) is 0. The molecule has 0 aliphatic carbocycles. The summed E-state index contributed by atoms with van der Waals surface area (Å²) in [4.78, 5) is 37.2. The number of hydrogen-bond donors (Lipinski definition) is 3. The predicted molar refractivity (Wildman–Crippen MR) is 88.4 cm³/mol. The third-order valence-corrected chi connectivity index (χ3v) is 3.61. The summed E-state index contributed by atoms with van der Waals surface area (Å²) < 4.78 is 4.58. The lowest BCUT2D eigenvalue weighted by Gasteiger charge is -2.05. The van der Waals surface area contributed by atoms with Crippen LogP contribution in [0.25, 0.3) is 11.3 Å². The number of nitrogens with one attached hydrogen (secondary N) is 2. The number of carbonyl (C=O) groups excluding carboxylic acids is 2. The van der Waals surface area contributed by atoms with Gasteiger partial charge < -0.3 is 10.5 Å². The van der Waals surface area contributed by atoms with Crippen molar-refractivity contribution in [1.82, 2.24) is 20.5 Å². The van der Waals surface area contributed by atoms with Crippen LogP contribution >= 0.6 is 11.8 Å². The van der Waals surface area contributed by atoms with Gasteiger partial charge in [-0.15, -0.1) is 10.2 Å². The van der Waals surface area contributed by atoms with Gasteiger partial charge in [0.25, 0.3) is 5.56 Å². The molecule has 2 amide bonds. The normalized spacial score (nSPS) is 10.2. The van der Waals surface area contributed by atoms with Crippen molar-refractivity contribution in [3.63, 3.8) is 0 Å². The van der Waals surface area contributed by atoms with Crippen molar-refractivity contribution < 1.29 is 14.3 Å². The number of para-hydroxylation sites is 1. The second-order valence-electron chi connectivity index (χ2n) is 4.45. The number of anilines is 1. The molecule has 1 aromatic carbocycles. The van der Waals surface area contributed by atoms with E-state index in [0.717, 1.165) is 11.8 Å². The Hall–Kier alpha value is -2.88. The Morgan fingerprint density at radius 2 is 2.08 bits per heavy atom. The van der Waals surface area contributed by atoms with Crippen LogP contribution in [0.5, 0.6) is 0 Å². The molecule has 0 unspecified atom stereocenters. The fourth-order valence-corrected chi connectivity index (χ4v) is 2.33. The molecule has 9 nitrogen and oxygen atoms in total. The summed E-state index contributed by atoms with van der Waals surface area (Å²) >= 11 is 0.931. The number of thioether (sulfide) groups is 1. The number of H-pyrrole nitrogens is 1. The van der Waals surface area contributed by atoms with Crippen LogP contribution in [0.4, 0.5) is 10.5 Å². The summed E-state index contributed by atoms with van der Waals surface area (Å²) in [6.45, 7) is 1.79. The number of ether oxygens (including phenoxy) is 1. The zero-order chi connectivity index (χ0) is 17.5. The first-order valence-corrected chi connectivity index (χ1v) is 7.91. The molecule has 4 N–H and O–H groups in total. The SMILES string of the molecule is CCOC(=O)NC(=O)CSc1nnc(-c2ccccc2N)c(=O)[nH]1. The Kier molecular flexibility index (Phi) is 5.90. The first-order valence-electron chi connectivity index (χ1n) is 6.92. The minimum absolute atomic E-state index is 0.0911. The Morgan fingerprint density at radius 3 is 2.75 bits per heavy atom. The molecule has 0 saturated heterocycles. The monoisotopic (exact) mass is 349 g/mol. The number of nitrogens with two attached hydrogens (primary N) is 1. The minimum atomic E-state index is -0.822. The third-order valence-electron chi connectivity index (χ3n) is 2.75. The number of alkyl carbamates (subject to hydrolysis) is 1. The highest BCUT2D eigenvalue weighted by atomic mass is 32.2. The van der Waals surface area contributed by atoms with Crippen molar-refractivity contribution in [2.75, 3.05) is 18.1 Å². The zero-order valence-electron chi connectivity index (χ0n) is 12.7. The molecule has 0 fully saturated rings. The van der Waals surface area contributed by atoms with Crippen LogP contribution in [-0.2, 0) is 9.53 Å². The molecule has 0 bridgehead atoms. The van der Waals surface area contributed by atoms with Crippen LogP contribution < -0.4 is 16.6 Å². The van der Waals surface area contributed by atoms with Gasteiger partial charge in [-0.3, -0.25) is 19.9 Å². The first kappa shape index (κ1) is 17.5. The van der Waals surface area contributed by atoms with Crippen molar-refractivity contribution in [3.8, 4) is 11.3 Å². The number of rotatable bonds is 5. The van der Waals surface area contributed by atoms with Crippen LogP contribution in [0.15, 0.2) is 34.2 Å². The van der Waals surface area contributed by atoms with E-state index in [1.54, 1.807) is 31.2 Å². The van der Waals surface area contributed by atoms with Crippen molar-refractivity contribution >= 4 is 29.4 Å². The lowest BCUT2D eigenvalue weighted by molar-refractivity contribution is -0.117. The number of hydrogen-bond acceptors (Lipinski definition) is 8. The van der Waals surface area contributed by atoms with Gasteiger partial charge in [0.05, 0.1) is 12.4 Å². The standard InChI is InChI=1S/C14H15N5O4S/c1-2-23-14(22)16-10(20)7-24-13-17-12(21)11(18-19-13)8-5-3-4-6-9(8)15/h3-6H,2,7,15H2,1H3,(H,16,20,22)(H,17,19,21). The number of aromatic nitrogens is 3. The maximum Gasteiger partial charge on any atom is 0.413 e. The summed E-state index contributed by atoms with van der Waals surface area (Å²) in [5, 5.41) is 9.89. The van der Waals surface area contributed by atoms with E-state index in [1.807, 2.05) is 5.32 Å². The van der Waals surface area contributed by atoms with Crippen LogP contribution in [0.3, 0.4) is 0 Å². The smallest absolute Gasteiger partial charge is 0.413 e. The minimum Gasteiger partial charge on any atom is -0.450 e. The molecular weight excluding hydrogens is 334 g/mol. The van der Waals surface area contributed by atoms with Crippen LogP contribution in [0, 0.1) is 0 Å². The highest BCUT2D eigenvalue weighted by Crippen LogP contribution is 2.20. The third kappa shape index (κ3) is 4.56. The molecule has 2 aromatic rings. The van der Waals surface area contributed by atoms with E-state index in [1.165, 1.54) is 0 Å². The van der Waals surface area contributed by atoms with E-state index < -0.39 is 17.6 Å². The number of aromatic amines is 1. The maximum atomic E-state index is 12.1. The Morgan fingerprint density at radius 1 is 1.33 bits per heavy atom. The van der Waals surface area contributed by atoms with Gasteiger partial charge in [-0.2, -0.15) is 0 Å². The van der Waals surface area contributed by atoms with Gasteiger partial charge in [-0.25, -0.2) is 4.79 Å². The van der Waals surface area contributed by atoms with E-state index in [9.17, 15) is 14.4 Å². The average Bonchev–Trinajstić information content (AvgIpc) is 2.54.